The zero-order valence-electron chi connectivity index (χ0n) is 11.8. The van der Waals surface area contributed by atoms with Crippen molar-refractivity contribution in [3.8, 4) is 0 Å². The van der Waals surface area contributed by atoms with Gasteiger partial charge in [-0.15, -0.1) is 0 Å². The van der Waals surface area contributed by atoms with Gasteiger partial charge in [-0.3, -0.25) is 11.3 Å². The molecule has 2 fully saturated rings. The molecule has 1 heterocycles. The summed E-state index contributed by atoms with van der Waals surface area (Å²) in [5.41, 5.74) is 3.14. The molecule has 1 aliphatic carbocycles. The number of hydrogen-bond donors (Lipinski definition) is 2. The van der Waals surface area contributed by atoms with Gasteiger partial charge in [-0.1, -0.05) is 12.8 Å². The van der Waals surface area contributed by atoms with E-state index in [1.807, 2.05) is 6.92 Å². The normalized spacial score (nSPS) is 30.5. The molecule has 3 atom stereocenters. The van der Waals surface area contributed by atoms with E-state index in [2.05, 4.69) is 12.3 Å². The predicted octanol–water partition coefficient (Wildman–Crippen LogP) is 1.98. The first-order valence-corrected chi connectivity index (χ1v) is 7.42. The van der Waals surface area contributed by atoms with E-state index >= 15 is 0 Å². The van der Waals surface area contributed by atoms with Crippen LogP contribution in [0.3, 0.4) is 0 Å². The summed E-state index contributed by atoms with van der Waals surface area (Å²) in [6.45, 7) is 5.77. The third kappa shape index (κ3) is 3.05. The van der Waals surface area contributed by atoms with E-state index in [1.54, 1.807) is 0 Å². The number of rotatable bonds is 5. The molecule has 3 N–H and O–H groups in total. The van der Waals surface area contributed by atoms with Crippen molar-refractivity contribution in [2.75, 3.05) is 13.2 Å². The molecule has 0 aromatic carbocycles. The summed E-state index contributed by atoms with van der Waals surface area (Å²) >= 11 is 0. The molecule has 0 amide bonds. The summed E-state index contributed by atoms with van der Waals surface area (Å²) in [6, 6.07) is 0.242. The van der Waals surface area contributed by atoms with Crippen LogP contribution in [0.15, 0.2) is 0 Å². The molecule has 4 heteroatoms. The summed E-state index contributed by atoms with van der Waals surface area (Å²) < 4.78 is 11.8. The van der Waals surface area contributed by atoms with Crippen LogP contribution >= 0.6 is 0 Å². The highest BCUT2D eigenvalue weighted by Gasteiger charge is 2.42. The molecule has 18 heavy (non-hydrogen) atoms. The van der Waals surface area contributed by atoms with Crippen molar-refractivity contribution in [2.45, 2.75) is 70.1 Å². The molecule has 2 aliphatic rings. The Morgan fingerprint density at radius 3 is 2.78 bits per heavy atom. The lowest BCUT2D eigenvalue weighted by atomic mass is 9.79. The first kappa shape index (κ1) is 14.3. The molecule has 106 valence electrons. The Balaban J connectivity index is 1.97. The van der Waals surface area contributed by atoms with E-state index in [-0.39, 0.29) is 17.7 Å². The minimum atomic E-state index is 0.157. The van der Waals surface area contributed by atoms with Crippen molar-refractivity contribution in [1.82, 2.24) is 5.43 Å². The van der Waals surface area contributed by atoms with E-state index in [9.17, 15) is 0 Å². The summed E-state index contributed by atoms with van der Waals surface area (Å²) in [5, 5.41) is 0. The lowest BCUT2D eigenvalue weighted by Crippen LogP contribution is -2.53. The fraction of sp³-hybridized carbons (Fsp3) is 1.00. The summed E-state index contributed by atoms with van der Waals surface area (Å²) in [7, 11) is 0. The number of hydrazine groups is 1. The van der Waals surface area contributed by atoms with Gasteiger partial charge >= 0.3 is 0 Å². The van der Waals surface area contributed by atoms with Crippen molar-refractivity contribution >= 4 is 0 Å². The first-order chi connectivity index (χ1) is 8.71. The van der Waals surface area contributed by atoms with Crippen LogP contribution in [0.25, 0.3) is 0 Å². The van der Waals surface area contributed by atoms with Crippen molar-refractivity contribution in [3.05, 3.63) is 0 Å². The highest BCUT2D eigenvalue weighted by Crippen LogP contribution is 2.43. The monoisotopic (exact) mass is 256 g/mol. The smallest absolute Gasteiger partial charge is 0.0715 e. The summed E-state index contributed by atoms with van der Waals surface area (Å²) in [5.74, 6) is 6.32. The van der Waals surface area contributed by atoms with Gasteiger partial charge in [0, 0.05) is 19.3 Å². The molecule has 1 aliphatic heterocycles. The van der Waals surface area contributed by atoms with Crippen molar-refractivity contribution in [2.24, 2.45) is 11.8 Å². The van der Waals surface area contributed by atoms with Gasteiger partial charge in [-0.05, 0) is 45.4 Å². The SMILES string of the molecule is CCOC(C)C(NN)C1CCOC2(CCCC2)C1. The number of nitrogens with two attached hydrogens (primary N) is 1. The molecule has 1 saturated heterocycles. The Morgan fingerprint density at radius 1 is 1.44 bits per heavy atom. The van der Waals surface area contributed by atoms with E-state index < -0.39 is 0 Å². The standard InChI is InChI=1S/C14H28N2O2/c1-3-17-11(2)13(16-15)12-6-9-18-14(10-12)7-4-5-8-14/h11-13,16H,3-10,15H2,1-2H3. The van der Waals surface area contributed by atoms with Gasteiger partial charge in [0.05, 0.1) is 11.7 Å². The summed E-state index contributed by atoms with van der Waals surface area (Å²) in [6.07, 6.45) is 7.48. The van der Waals surface area contributed by atoms with Crippen LogP contribution in [-0.4, -0.2) is 31.0 Å². The fourth-order valence-corrected chi connectivity index (χ4v) is 3.76. The van der Waals surface area contributed by atoms with E-state index in [1.165, 1.54) is 25.7 Å². The minimum absolute atomic E-state index is 0.157. The largest absolute Gasteiger partial charge is 0.377 e. The second kappa shape index (κ2) is 6.33. The van der Waals surface area contributed by atoms with Crippen LogP contribution in [0.4, 0.5) is 0 Å². The Labute approximate surface area is 111 Å². The topological polar surface area (TPSA) is 56.5 Å². The molecule has 0 bridgehead atoms. The molecule has 1 saturated carbocycles. The molecule has 3 unspecified atom stereocenters. The Hall–Kier alpha value is -0.160. The predicted molar refractivity (Wildman–Crippen MR) is 72.1 cm³/mol. The third-order valence-electron chi connectivity index (χ3n) is 4.68. The molecule has 0 radical (unpaired) electrons. The highest BCUT2D eigenvalue weighted by molar-refractivity contribution is 4.95. The van der Waals surface area contributed by atoms with Crippen LogP contribution in [0.2, 0.25) is 0 Å². The van der Waals surface area contributed by atoms with Crippen LogP contribution < -0.4 is 11.3 Å². The fourth-order valence-electron chi connectivity index (χ4n) is 3.76. The van der Waals surface area contributed by atoms with Gasteiger partial charge in [0.2, 0.25) is 0 Å². The maximum atomic E-state index is 6.08. The molecule has 0 aromatic heterocycles. The van der Waals surface area contributed by atoms with Gasteiger partial charge in [-0.2, -0.15) is 0 Å². The maximum Gasteiger partial charge on any atom is 0.0715 e. The average molecular weight is 256 g/mol. The van der Waals surface area contributed by atoms with E-state index in [0.29, 0.717) is 5.92 Å². The molecular formula is C14H28N2O2. The van der Waals surface area contributed by atoms with Gasteiger partial charge in [-0.25, -0.2) is 0 Å². The number of nitrogens with one attached hydrogen (secondary N) is 1. The zero-order valence-corrected chi connectivity index (χ0v) is 11.8. The molecule has 2 rings (SSSR count). The van der Waals surface area contributed by atoms with Gasteiger partial charge < -0.3 is 9.47 Å². The Bertz CT molecular complexity index is 254. The highest BCUT2D eigenvalue weighted by atomic mass is 16.5. The quantitative estimate of drug-likeness (QED) is 0.583. The maximum absolute atomic E-state index is 6.08. The van der Waals surface area contributed by atoms with Gasteiger partial charge in [0.1, 0.15) is 0 Å². The molecule has 0 aromatic rings. The zero-order chi connectivity index (χ0) is 13.0. The van der Waals surface area contributed by atoms with Crippen LogP contribution in [0.1, 0.15) is 52.4 Å². The van der Waals surface area contributed by atoms with Gasteiger partial charge in [0.15, 0.2) is 0 Å². The second-order valence-corrected chi connectivity index (χ2v) is 5.84. The molecule has 4 nitrogen and oxygen atoms in total. The lowest BCUT2D eigenvalue weighted by Gasteiger charge is -2.42. The average Bonchev–Trinajstić information content (AvgIpc) is 2.79. The first-order valence-electron chi connectivity index (χ1n) is 7.42. The van der Waals surface area contributed by atoms with Gasteiger partial charge in [0.25, 0.3) is 0 Å². The van der Waals surface area contributed by atoms with Crippen LogP contribution in [0.5, 0.6) is 0 Å². The summed E-state index contributed by atoms with van der Waals surface area (Å²) in [4.78, 5) is 0. The molecular weight excluding hydrogens is 228 g/mol. The number of ether oxygens (including phenoxy) is 2. The van der Waals surface area contributed by atoms with Crippen molar-refractivity contribution < 1.29 is 9.47 Å². The Kier molecular flexibility index (Phi) is 5.01. The second-order valence-electron chi connectivity index (χ2n) is 5.84. The minimum Gasteiger partial charge on any atom is -0.377 e. The van der Waals surface area contributed by atoms with E-state index in [0.717, 1.165) is 26.1 Å². The van der Waals surface area contributed by atoms with Crippen molar-refractivity contribution in [1.29, 1.82) is 0 Å². The van der Waals surface area contributed by atoms with Crippen LogP contribution in [-0.2, 0) is 9.47 Å². The lowest BCUT2D eigenvalue weighted by molar-refractivity contribution is -0.107. The third-order valence-corrected chi connectivity index (χ3v) is 4.68. The van der Waals surface area contributed by atoms with Crippen molar-refractivity contribution in [3.63, 3.8) is 0 Å². The van der Waals surface area contributed by atoms with E-state index in [4.69, 9.17) is 15.3 Å². The molecule has 1 spiro atoms. The van der Waals surface area contributed by atoms with Crippen LogP contribution in [0, 0.1) is 5.92 Å². The Morgan fingerprint density at radius 2 is 2.17 bits per heavy atom. The number of hydrogen-bond acceptors (Lipinski definition) is 4.